The van der Waals surface area contributed by atoms with Crippen molar-refractivity contribution in [1.29, 1.82) is 0 Å². The number of hydrogen-bond donors (Lipinski definition) is 1. The van der Waals surface area contributed by atoms with Crippen molar-refractivity contribution < 1.29 is 19.4 Å². The lowest BCUT2D eigenvalue weighted by Crippen LogP contribution is -2.42. The van der Waals surface area contributed by atoms with Crippen LogP contribution in [0.2, 0.25) is 0 Å². The molecule has 1 N–H and O–H groups in total. The molecule has 1 atom stereocenters. The minimum atomic E-state index is -1.51. The summed E-state index contributed by atoms with van der Waals surface area (Å²) in [5.74, 6) is -0.646. The van der Waals surface area contributed by atoms with Crippen LogP contribution in [-0.2, 0) is 14.3 Å². The van der Waals surface area contributed by atoms with Crippen LogP contribution in [0.1, 0.15) is 26.2 Å². The van der Waals surface area contributed by atoms with Gasteiger partial charge in [0.1, 0.15) is 0 Å². The highest BCUT2D eigenvalue weighted by atomic mass is 16.6. The highest BCUT2D eigenvalue weighted by Crippen LogP contribution is 2.23. The summed E-state index contributed by atoms with van der Waals surface area (Å²) in [4.78, 5) is 11.0. The van der Waals surface area contributed by atoms with Crippen LogP contribution in [0.3, 0.4) is 0 Å². The molecule has 1 saturated carbocycles. The van der Waals surface area contributed by atoms with Crippen molar-refractivity contribution in [2.75, 3.05) is 13.7 Å². The van der Waals surface area contributed by atoms with Crippen molar-refractivity contribution in [2.45, 2.75) is 37.9 Å². The summed E-state index contributed by atoms with van der Waals surface area (Å²) in [5, 5.41) is 9.55. The van der Waals surface area contributed by atoms with Crippen LogP contribution in [0.25, 0.3) is 0 Å². The zero-order chi connectivity index (χ0) is 9.90. The molecule has 0 spiro atoms. The third-order valence-electron chi connectivity index (χ3n) is 2.28. The van der Waals surface area contributed by atoms with E-state index >= 15 is 0 Å². The normalized spacial score (nSPS) is 21.8. The Labute approximate surface area is 77.8 Å². The zero-order valence-electron chi connectivity index (χ0n) is 8.08. The molecule has 4 nitrogen and oxygen atoms in total. The van der Waals surface area contributed by atoms with Crippen LogP contribution in [0.15, 0.2) is 0 Å². The van der Waals surface area contributed by atoms with Gasteiger partial charge in [-0.2, -0.15) is 0 Å². The topological polar surface area (TPSA) is 55.8 Å². The van der Waals surface area contributed by atoms with Gasteiger partial charge in [0.05, 0.1) is 19.8 Å². The van der Waals surface area contributed by atoms with Crippen LogP contribution in [0, 0.1) is 0 Å². The molecule has 0 aromatic heterocycles. The Hall–Kier alpha value is -0.610. The largest absolute Gasteiger partial charge is 0.467 e. The van der Waals surface area contributed by atoms with Gasteiger partial charge in [-0.25, -0.2) is 4.79 Å². The third kappa shape index (κ3) is 2.67. The van der Waals surface area contributed by atoms with Gasteiger partial charge in [0, 0.05) is 0 Å². The maximum absolute atomic E-state index is 11.0. The van der Waals surface area contributed by atoms with Crippen molar-refractivity contribution in [3.63, 3.8) is 0 Å². The summed E-state index contributed by atoms with van der Waals surface area (Å²) in [6.45, 7) is 1.42. The summed E-state index contributed by atoms with van der Waals surface area (Å²) >= 11 is 0. The Balaban J connectivity index is 2.27. The van der Waals surface area contributed by atoms with Crippen molar-refractivity contribution in [2.24, 2.45) is 0 Å². The minimum Gasteiger partial charge on any atom is -0.467 e. The molecule has 0 aliphatic heterocycles. The van der Waals surface area contributed by atoms with E-state index < -0.39 is 11.6 Å². The fraction of sp³-hybridized carbons (Fsp3) is 0.889. The number of ether oxygens (including phenoxy) is 2. The predicted octanol–water partition coefficient (Wildman–Crippen LogP) is 0.479. The summed E-state index contributed by atoms with van der Waals surface area (Å²) in [7, 11) is 1.25. The van der Waals surface area contributed by atoms with Crippen LogP contribution in [0.5, 0.6) is 0 Å². The van der Waals surface area contributed by atoms with E-state index in [4.69, 9.17) is 4.74 Å². The van der Waals surface area contributed by atoms with E-state index in [0.29, 0.717) is 0 Å². The molecule has 4 heteroatoms. The van der Waals surface area contributed by atoms with Gasteiger partial charge in [0.15, 0.2) is 5.60 Å². The lowest BCUT2D eigenvalue weighted by molar-refractivity contribution is -0.170. The average Bonchev–Trinajstić information content (AvgIpc) is 1.99. The number of methoxy groups -OCH3 is 1. The minimum absolute atomic E-state index is 0.0182. The Kier molecular flexibility index (Phi) is 3.27. The smallest absolute Gasteiger partial charge is 0.339 e. The molecule has 1 unspecified atom stereocenters. The summed E-state index contributed by atoms with van der Waals surface area (Å²) in [6.07, 6.45) is 3.44. The van der Waals surface area contributed by atoms with Gasteiger partial charge < -0.3 is 14.6 Å². The molecule has 76 valence electrons. The van der Waals surface area contributed by atoms with Gasteiger partial charge in [-0.3, -0.25) is 0 Å². The summed E-state index contributed by atoms with van der Waals surface area (Å²) < 4.78 is 9.74. The SMILES string of the molecule is COC(=O)C(C)(O)COC1CCC1. The number of rotatable bonds is 4. The highest BCUT2D eigenvalue weighted by Gasteiger charge is 2.33. The molecule has 0 radical (unpaired) electrons. The Morgan fingerprint density at radius 3 is 2.62 bits per heavy atom. The van der Waals surface area contributed by atoms with Crippen molar-refractivity contribution in [3.8, 4) is 0 Å². The molecule has 1 aliphatic carbocycles. The van der Waals surface area contributed by atoms with Gasteiger partial charge >= 0.3 is 5.97 Å². The number of esters is 1. The number of hydrogen-bond acceptors (Lipinski definition) is 4. The van der Waals surface area contributed by atoms with Crippen molar-refractivity contribution in [3.05, 3.63) is 0 Å². The van der Waals surface area contributed by atoms with E-state index in [0.717, 1.165) is 12.8 Å². The quantitative estimate of drug-likeness (QED) is 0.652. The Morgan fingerprint density at radius 1 is 1.62 bits per heavy atom. The fourth-order valence-corrected chi connectivity index (χ4v) is 1.10. The second-order valence-corrected chi connectivity index (χ2v) is 3.63. The van der Waals surface area contributed by atoms with Gasteiger partial charge in [0.25, 0.3) is 0 Å². The molecule has 0 amide bonds. The molecule has 1 aliphatic rings. The van der Waals surface area contributed by atoms with Gasteiger partial charge in [-0.05, 0) is 26.2 Å². The standard InChI is InChI=1S/C9H16O4/c1-9(11,8(10)12-2)6-13-7-4-3-5-7/h7,11H,3-6H2,1-2H3. The summed E-state index contributed by atoms with van der Waals surface area (Å²) in [6, 6.07) is 0. The van der Waals surface area contributed by atoms with E-state index in [9.17, 15) is 9.90 Å². The highest BCUT2D eigenvalue weighted by molar-refractivity contribution is 5.78. The molecule has 0 aromatic carbocycles. The first-order chi connectivity index (χ1) is 6.06. The second-order valence-electron chi connectivity index (χ2n) is 3.63. The maximum Gasteiger partial charge on any atom is 0.339 e. The molecule has 1 fully saturated rings. The molecular weight excluding hydrogens is 172 g/mol. The van der Waals surface area contributed by atoms with Crippen molar-refractivity contribution in [1.82, 2.24) is 0 Å². The average molecular weight is 188 g/mol. The molecule has 0 heterocycles. The lowest BCUT2D eigenvalue weighted by atomic mass is 9.96. The van der Waals surface area contributed by atoms with E-state index in [1.165, 1.54) is 20.5 Å². The van der Waals surface area contributed by atoms with Crippen LogP contribution >= 0.6 is 0 Å². The predicted molar refractivity (Wildman–Crippen MR) is 46.2 cm³/mol. The van der Waals surface area contributed by atoms with E-state index in [2.05, 4.69) is 4.74 Å². The van der Waals surface area contributed by atoms with E-state index in [1.54, 1.807) is 0 Å². The van der Waals surface area contributed by atoms with E-state index in [-0.39, 0.29) is 12.7 Å². The molecule has 1 rings (SSSR count). The molecule has 0 bridgehead atoms. The molecule has 0 aromatic rings. The lowest BCUT2D eigenvalue weighted by Gasteiger charge is -2.29. The van der Waals surface area contributed by atoms with Gasteiger partial charge in [-0.1, -0.05) is 0 Å². The molecule has 13 heavy (non-hydrogen) atoms. The summed E-state index contributed by atoms with van der Waals surface area (Å²) in [5.41, 5.74) is -1.51. The Morgan fingerprint density at radius 2 is 2.23 bits per heavy atom. The number of carbonyl (C=O) groups is 1. The molecule has 0 saturated heterocycles. The van der Waals surface area contributed by atoms with Crippen molar-refractivity contribution >= 4 is 5.97 Å². The third-order valence-corrected chi connectivity index (χ3v) is 2.28. The first-order valence-electron chi connectivity index (χ1n) is 4.48. The van der Waals surface area contributed by atoms with Crippen LogP contribution < -0.4 is 0 Å². The maximum atomic E-state index is 11.0. The monoisotopic (exact) mass is 188 g/mol. The first kappa shape index (κ1) is 10.5. The van der Waals surface area contributed by atoms with E-state index in [1.807, 2.05) is 0 Å². The zero-order valence-corrected chi connectivity index (χ0v) is 8.08. The number of carbonyl (C=O) groups excluding carboxylic acids is 1. The number of aliphatic hydroxyl groups is 1. The van der Waals surface area contributed by atoms with Gasteiger partial charge in [-0.15, -0.1) is 0 Å². The fourth-order valence-electron chi connectivity index (χ4n) is 1.10. The van der Waals surface area contributed by atoms with Gasteiger partial charge in [0.2, 0.25) is 0 Å². The van der Waals surface area contributed by atoms with Crippen LogP contribution in [-0.4, -0.2) is 36.5 Å². The molecular formula is C9H16O4. The Bertz CT molecular complexity index is 184. The van der Waals surface area contributed by atoms with Crippen LogP contribution in [0.4, 0.5) is 0 Å². The first-order valence-corrected chi connectivity index (χ1v) is 4.48. The second kappa shape index (κ2) is 4.07.